The van der Waals surface area contributed by atoms with Gasteiger partial charge in [0.15, 0.2) is 5.13 Å². The second kappa shape index (κ2) is 11.4. The van der Waals surface area contributed by atoms with Crippen LogP contribution in [0, 0.1) is 11.8 Å². The van der Waals surface area contributed by atoms with Gasteiger partial charge in [0, 0.05) is 54.5 Å². The molecule has 4 heterocycles. The van der Waals surface area contributed by atoms with E-state index in [-0.39, 0.29) is 30.0 Å². The highest BCUT2D eigenvalue weighted by molar-refractivity contribution is 7.19. The summed E-state index contributed by atoms with van der Waals surface area (Å²) in [7, 11) is 3.92. The number of amides is 1. The summed E-state index contributed by atoms with van der Waals surface area (Å²) in [6.07, 6.45) is 0. The fraction of sp³-hybridized carbons (Fsp3) is 0.323. The number of nitrogens with one attached hydrogen (secondary N) is 1. The Balaban J connectivity index is 1.49. The first-order valence-corrected chi connectivity index (χ1v) is 14.9. The lowest BCUT2D eigenvalue weighted by Gasteiger charge is -2.38. The van der Waals surface area contributed by atoms with Crippen molar-refractivity contribution in [3.05, 3.63) is 93.9 Å². The second-order valence-corrected chi connectivity index (χ2v) is 12.2. The number of rotatable bonds is 8. The van der Waals surface area contributed by atoms with E-state index in [4.69, 9.17) is 16.6 Å². The minimum Gasteiger partial charge on any atom is -0.396 e. The van der Waals surface area contributed by atoms with Crippen molar-refractivity contribution in [1.29, 1.82) is 0 Å². The van der Waals surface area contributed by atoms with E-state index in [0.29, 0.717) is 24.7 Å². The first kappa shape index (κ1) is 27.7. The number of hydrogen-bond donors (Lipinski definition) is 2. The van der Waals surface area contributed by atoms with Crippen molar-refractivity contribution in [2.75, 3.05) is 38.7 Å². The van der Waals surface area contributed by atoms with E-state index in [1.807, 2.05) is 67.5 Å². The van der Waals surface area contributed by atoms with Crippen LogP contribution in [-0.4, -0.2) is 65.3 Å². The molecule has 2 bridgehead atoms. The molecule has 0 saturated carbocycles. The largest absolute Gasteiger partial charge is 0.396 e. The Morgan fingerprint density at radius 2 is 1.83 bits per heavy atom. The van der Waals surface area contributed by atoms with Crippen LogP contribution in [-0.2, 0) is 11.3 Å². The van der Waals surface area contributed by atoms with Crippen molar-refractivity contribution in [3.63, 3.8) is 0 Å². The zero-order chi connectivity index (χ0) is 28.7. The summed E-state index contributed by atoms with van der Waals surface area (Å²) in [5.74, 6) is -1.04. The predicted octanol–water partition coefficient (Wildman–Crippen LogP) is 4.14. The number of carbonyl (C=O) groups is 1. The maximum atomic E-state index is 13.8. The summed E-state index contributed by atoms with van der Waals surface area (Å²) >= 11 is 7.77. The van der Waals surface area contributed by atoms with Gasteiger partial charge in [-0.3, -0.25) is 9.59 Å². The predicted molar refractivity (Wildman–Crippen MR) is 163 cm³/mol. The van der Waals surface area contributed by atoms with Crippen LogP contribution in [0.5, 0.6) is 0 Å². The number of nitrogens with zero attached hydrogens (tertiary/aromatic N) is 4. The molecule has 1 fully saturated rings. The van der Waals surface area contributed by atoms with Crippen molar-refractivity contribution < 1.29 is 9.90 Å². The number of thiazole rings is 1. The number of aliphatic hydroxyl groups is 1. The van der Waals surface area contributed by atoms with E-state index in [0.717, 1.165) is 32.5 Å². The van der Waals surface area contributed by atoms with Gasteiger partial charge in [-0.15, -0.1) is 0 Å². The zero-order valence-corrected chi connectivity index (χ0v) is 24.5. The third-order valence-electron chi connectivity index (χ3n) is 8.07. The zero-order valence-electron chi connectivity index (χ0n) is 22.9. The molecule has 10 heteroatoms. The molecule has 2 N–H and O–H groups in total. The lowest BCUT2D eigenvalue weighted by atomic mass is 9.86. The number of aliphatic hydroxyl groups excluding tert-OH is 1. The second-order valence-electron chi connectivity index (χ2n) is 10.8. The Morgan fingerprint density at radius 3 is 2.54 bits per heavy atom. The molecule has 2 aromatic heterocycles. The van der Waals surface area contributed by atoms with E-state index in [9.17, 15) is 14.7 Å². The van der Waals surface area contributed by atoms with Crippen LogP contribution in [0.3, 0.4) is 0 Å². The van der Waals surface area contributed by atoms with Gasteiger partial charge in [-0.1, -0.05) is 71.5 Å². The van der Waals surface area contributed by atoms with Crippen molar-refractivity contribution in [1.82, 2.24) is 19.8 Å². The quantitative estimate of drug-likeness (QED) is 0.321. The van der Waals surface area contributed by atoms with Gasteiger partial charge in [-0.2, -0.15) is 0 Å². The Morgan fingerprint density at radius 1 is 1.07 bits per heavy atom. The number of aromatic nitrogens is 2. The Labute approximate surface area is 247 Å². The van der Waals surface area contributed by atoms with Gasteiger partial charge < -0.3 is 24.8 Å². The van der Waals surface area contributed by atoms with Gasteiger partial charge >= 0.3 is 0 Å². The SMILES string of the molecule is CN(C)CCNC(=O)[C@H]1[C@H](CO)[C@H]2Cn3c(cccc3=O)[C@@H]1N2c1nc(-c2ccc(Cl)cc2)c(-c2ccccc2)s1. The van der Waals surface area contributed by atoms with E-state index in [1.54, 1.807) is 28.0 Å². The summed E-state index contributed by atoms with van der Waals surface area (Å²) in [6, 6.07) is 22.2. The van der Waals surface area contributed by atoms with Crippen LogP contribution >= 0.6 is 22.9 Å². The molecule has 0 spiro atoms. The van der Waals surface area contributed by atoms with Gasteiger partial charge in [0.25, 0.3) is 5.56 Å². The molecule has 2 aromatic carbocycles. The van der Waals surface area contributed by atoms with E-state index in [1.165, 1.54) is 0 Å². The smallest absolute Gasteiger partial charge is 0.250 e. The van der Waals surface area contributed by atoms with E-state index in [2.05, 4.69) is 22.3 Å². The number of carbonyl (C=O) groups excluding carboxylic acids is 1. The third-order valence-corrected chi connectivity index (χ3v) is 9.44. The number of fused-ring (bicyclic) bond motifs is 4. The first-order valence-electron chi connectivity index (χ1n) is 13.7. The molecular formula is C31H32ClN5O3S. The molecule has 8 nitrogen and oxygen atoms in total. The number of halogens is 1. The fourth-order valence-corrected chi connectivity index (χ4v) is 7.46. The lowest BCUT2D eigenvalue weighted by Crippen LogP contribution is -2.46. The van der Waals surface area contributed by atoms with Crippen LogP contribution < -0.4 is 15.8 Å². The Hall–Kier alpha value is -3.50. The highest BCUT2D eigenvalue weighted by Crippen LogP contribution is 2.53. The molecule has 0 aliphatic carbocycles. The van der Waals surface area contributed by atoms with Gasteiger partial charge in [-0.05, 0) is 37.9 Å². The summed E-state index contributed by atoms with van der Waals surface area (Å²) < 4.78 is 1.76. The first-order chi connectivity index (χ1) is 19.9. The average Bonchev–Trinajstić information content (AvgIpc) is 3.50. The molecule has 1 amide bonds. The topological polar surface area (TPSA) is 90.7 Å². The van der Waals surface area contributed by atoms with E-state index >= 15 is 0 Å². The molecule has 0 unspecified atom stereocenters. The normalized spacial score (nSPS) is 21.2. The van der Waals surface area contributed by atoms with Crippen molar-refractivity contribution in [2.45, 2.75) is 18.6 Å². The lowest BCUT2D eigenvalue weighted by molar-refractivity contribution is -0.127. The minimum absolute atomic E-state index is 0.103. The highest BCUT2D eigenvalue weighted by Gasteiger charge is 2.56. The summed E-state index contributed by atoms with van der Waals surface area (Å²) in [6.45, 7) is 1.39. The van der Waals surface area contributed by atoms with Crippen LogP contribution in [0.25, 0.3) is 21.7 Å². The third kappa shape index (κ3) is 5.08. The fourth-order valence-electron chi connectivity index (χ4n) is 6.15. The maximum absolute atomic E-state index is 13.8. The molecule has 6 rings (SSSR count). The molecule has 212 valence electrons. The van der Waals surface area contributed by atoms with Crippen LogP contribution in [0.2, 0.25) is 5.02 Å². The molecular weight excluding hydrogens is 558 g/mol. The number of anilines is 1. The molecule has 2 aliphatic rings. The summed E-state index contributed by atoms with van der Waals surface area (Å²) in [5.41, 5.74) is 3.47. The van der Waals surface area contributed by atoms with Gasteiger partial charge in [-0.25, -0.2) is 4.98 Å². The summed E-state index contributed by atoms with van der Waals surface area (Å²) in [5, 5.41) is 15.2. The molecule has 0 radical (unpaired) electrons. The number of pyridine rings is 1. The number of likely N-dealkylation sites (N-methyl/N-ethyl adjacent to an activating group) is 1. The van der Waals surface area contributed by atoms with Gasteiger partial charge in [0.05, 0.1) is 28.6 Å². The number of benzene rings is 2. The number of hydrogen-bond acceptors (Lipinski definition) is 7. The Kier molecular flexibility index (Phi) is 7.70. The molecule has 2 aliphatic heterocycles. The van der Waals surface area contributed by atoms with Crippen molar-refractivity contribution in [2.24, 2.45) is 11.8 Å². The highest BCUT2D eigenvalue weighted by atomic mass is 35.5. The van der Waals surface area contributed by atoms with Gasteiger partial charge in [0.2, 0.25) is 5.91 Å². The standard InChI is InChI=1S/C31H32ClN5O3S/c1-35(2)16-15-33-30(40)26-22(18-38)24-17-36-23(9-6-10-25(36)39)28(26)37(24)31-34-27(19-11-13-21(32)14-12-19)29(41-31)20-7-4-3-5-8-20/h3-14,22,24,26,28,38H,15-18H2,1-2H3,(H,33,40)/t22-,24-,26+,28+/m1/s1. The average molecular weight is 590 g/mol. The van der Waals surface area contributed by atoms with Crippen LogP contribution in [0.1, 0.15) is 11.7 Å². The minimum atomic E-state index is -0.550. The maximum Gasteiger partial charge on any atom is 0.250 e. The monoisotopic (exact) mass is 589 g/mol. The molecule has 4 aromatic rings. The Bertz CT molecular complexity index is 1600. The molecule has 4 atom stereocenters. The van der Waals surface area contributed by atoms with E-state index < -0.39 is 12.0 Å². The van der Waals surface area contributed by atoms with Crippen LogP contribution in [0.4, 0.5) is 5.13 Å². The molecule has 41 heavy (non-hydrogen) atoms. The van der Waals surface area contributed by atoms with Gasteiger partial charge in [0.1, 0.15) is 0 Å². The van der Waals surface area contributed by atoms with Crippen molar-refractivity contribution in [3.8, 4) is 21.7 Å². The summed E-state index contributed by atoms with van der Waals surface area (Å²) in [4.78, 5) is 37.1. The molecule has 1 saturated heterocycles. The van der Waals surface area contributed by atoms with Crippen molar-refractivity contribution >= 4 is 34.0 Å². The van der Waals surface area contributed by atoms with Crippen LogP contribution in [0.15, 0.2) is 77.6 Å².